The Labute approximate surface area is 178 Å². The summed E-state index contributed by atoms with van der Waals surface area (Å²) in [6.07, 6.45) is 3.90. The Morgan fingerprint density at radius 1 is 0.933 bits per heavy atom. The van der Waals surface area contributed by atoms with E-state index in [0.717, 1.165) is 32.9 Å². The molecule has 4 heterocycles. The van der Waals surface area contributed by atoms with Gasteiger partial charge in [0.2, 0.25) is 0 Å². The second-order valence-corrected chi connectivity index (χ2v) is 8.78. The summed E-state index contributed by atoms with van der Waals surface area (Å²) in [6, 6.07) is 21.8. The molecule has 0 spiro atoms. The smallest absolute Gasteiger partial charge is 0.267 e. The van der Waals surface area contributed by atoms with E-state index in [9.17, 15) is 4.79 Å². The third-order valence-corrected chi connectivity index (χ3v) is 6.84. The molecule has 6 aromatic rings. The fraction of sp³-hybridized carbons (Fsp3) is 0. The summed E-state index contributed by atoms with van der Waals surface area (Å²) >= 11 is 3.05. The molecule has 144 valence electrons. The van der Waals surface area contributed by atoms with Gasteiger partial charge in [0.25, 0.3) is 5.56 Å². The van der Waals surface area contributed by atoms with Crippen molar-refractivity contribution < 1.29 is 0 Å². The van der Waals surface area contributed by atoms with Crippen molar-refractivity contribution in [1.29, 1.82) is 0 Å². The van der Waals surface area contributed by atoms with Crippen LogP contribution in [0.1, 0.15) is 5.69 Å². The maximum atomic E-state index is 13.2. The minimum Gasteiger partial charge on any atom is -0.267 e. The number of hydrogen-bond donors (Lipinski definition) is 0. The SMILES string of the molecule is O=c1c(=Cc2nn(-c3ccccc3)cc2-c2cccs2)sc2nc3ccccc3n12. The minimum absolute atomic E-state index is 0.0601. The highest BCUT2D eigenvalue weighted by Gasteiger charge is 2.14. The van der Waals surface area contributed by atoms with Gasteiger partial charge in [-0.05, 0) is 41.8 Å². The lowest BCUT2D eigenvalue weighted by Crippen LogP contribution is -2.22. The highest BCUT2D eigenvalue weighted by molar-refractivity contribution is 7.15. The zero-order valence-corrected chi connectivity index (χ0v) is 17.2. The number of para-hydroxylation sites is 3. The maximum absolute atomic E-state index is 13.2. The van der Waals surface area contributed by atoms with Crippen molar-refractivity contribution in [2.75, 3.05) is 0 Å². The van der Waals surface area contributed by atoms with Gasteiger partial charge in [-0.25, -0.2) is 14.1 Å². The Kier molecular flexibility index (Phi) is 3.90. The molecule has 0 radical (unpaired) electrons. The van der Waals surface area contributed by atoms with Crippen LogP contribution in [0.4, 0.5) is 0 Å². The molecule has 4 aromatic heterocycles. The molecule has 0 saturated heterocycles. The summed E-state index contributed by atoms with van der Waals surface area (Å²) in [5.41, 5.74) is 4.36. The average Bonchev–Trinajstić information content (AvgIpc) is 3.54. The predicted molar refractivity (Wildman–Crippen MR) is 123 cm³/mol. The molecule has 0 unspecified atom stereocenters. The summed E-state index contributed by atoms with van der Waals surface area (Å²) in [5, 5.41) is 6.84. The number of rotatable bonds is 3. The topological polar surface area (TPSA) is 52.2 Å². The van der Waals surface area contributed by atoms with Crippen molar-refractivity contribution in [2.24, 2.45) is 0 Å². The second-order valence-electron chi connectivity index (χ2n) is 6.82. The Bertz CT molecular complexity index is 1610. The Balaban J connectivity index is 1.59. The maximum Gasteiger partial charge on any atom is 0.275 e. The van der Waals surface area contributed by atoms with Crippen LogP contribution < -0.4 is 10.1 Å². The second kappa shape index (κ2) is 6.76. The molecule has 5 nitrogen and oxygen atoms in total. The Morgan fingerprint density at radius 3 is 2.60 bits per heavy atom. The molecular weight excluding hydrogens is 412 g/mol. The van der Waals surface area contributed by atoms with Crippen LogP contribution in [-0.2, 0) is 0 Å². The molecule has 0 fully saturated rings. The molecule has 2 aromatic carbocycles. The van der Waals surface area contributed by atoms with Crippen LogP contribution in [0.2, 0.25) is 0 Å². The molecule has 0 atom stereocenters. The molecule has 7 heteroatoms. The van der Waals surface area contributed by atoms with Gasteiger partial charge in [-0.3, -0.25) is 4.79 Å². The van der Waals surface area contributed by atoms with E-state index in [2.05, 4.69) is 11.1 Å². The predicted octanol–water partition coefficient (Wildman–Crippen LogP) is 4.37. The van der Waals surface area contributed by atoms with E-state index in [1.165, 1.54) is 11.3 Å². The lowest BCUT2D eigenvalue weighted by Gasteiger charge is -1.98. The summed E-state index contributed by atoms with van der Waals surface area (Å²) in [6.45, 7) is 0. The van der Waals surface area contributed by atoms with Gasteiger partial charge in [-0.2, -0.15) is 5.10 Å². The van der Waals surface area contributed by atoms with E-state index >= 15 is 0 Å². The first-order valence-electron chi connectivity index (χ1n) is 9.39. The normalized spacial score (nSPS) is 12.3. The van der Waals surface area contributed by atoms with Gasteiger partial charge in [0, 0.05) is 16.6 Å². The van der Waals surface area contributed by atoms with Crippen molar-refractivity contribution in [3.8, 4) is 16.1 Å². The van der Waals surface area contributed by atoms with Gasteiger partial charge >= 0.3 is 0 Å². The van der Waals surface area contributed by atoms with Gasteiger partial charge in [-0.1, -0.05) is 47.7 Å². The lowest BCUT2D eigenvalue weighted by atomic mass is 10.2. The van der Waals surface area contributed by atoms with E-state index < -0.39 is 0 Å². The van der Waals surface area contributed by atoms with Gasteiger partial charge in [0.15, 0.2) is 4.96 Å². The number of nitrogens with zero attached hydrogens (tertiary/aromatic N) is 4. The van der Waals surface area contributed by atoms with Crippen LogP contribution in [0.5, 0.6) is 0 Å². The largest absolute Gasteiger partial charge is 0.275 e. The van der Waals surface area contributed by atoms with Crippen molar-refractivity contribution in [3.05, 3.63) is 98.9 Å². The summed E-state index contributed by atoms with van der Waals surface area (Å²) in [4.78, 5) is 19.6. The fourth-order valence-corrected chi connectivity index (χ4v) is 5.27. The van der Waals surface area contributed by atoms with Crippen molar-refractivity contribution in [2.45, 2.75) is 0 Å². The summed E-state index contributed by atoms with van der Waals surface area (Å²) in [7, 11) is 0. The number of benzene rings is 2. The number of thiazole rings is 1. The third kappa shape index (κ3) is 2.71. The van der Waals surface area contributed by atoms with Crippen LogP contribution in [-0.4, -0.2) is 19.2 Å². The minimum atomic E-state index is -0.0601. The molecule has 30 heavy (non-hydrogen) atoms. The number of thiophene rings is 1. The summed E-state index contributed by atoms with van der Waals surface area (Å²) < 4.78 is 4.17. The molecule has 0 aliphatic carbocycles. The molecule has 0 aliphatic rings. The monoisotopic (exact) mass is 426 g/mol. The first-order chi connectivity index (χ1) is 14.8. The van der Waals surface area contributed by atoms with E-state index in [-0.39, 0.29) is 5.56 Å². The van der Waals surface area contributed by atoms with Crippen molar-refractivity contribution >= 4 is 44.7 Å². The molecule has 0 N–H and O–H groups in total. The molecular formula is C23H14N4OS2. The van der Waals surface area contributed by atoms with E-state index in [0.29, 0.717) is 9.49 Å². The van der Waals surface area contributed by atoms with Crippen LogP contribution in [0.15, 0.2) is 83.1 Å². The van der Waals surface area contributed by atoms with Crippen molar-refractivity contribution in [1.82, 2.24) is 19.2 Å². The zero-order chi connectivity index (χ0) is 20.1. The standard InChI is InChI=1S/C23H14N4OS2/c28-22-21(30-23-24-17-9-4-5-10-19(17)27(22)23)13-18-16(20-11-6-12-29-20)14-26(25-18)15-7-2-1-3-8-15/h1-14H. The zero-order valence-electron chi connectivity index (χ0n) is 15.6. The average molecular weight is 427 g/mol. The Morgan fingerprint density at radius 2 is 1.77 bits per heavy atom. The van der Waals surface area contributed by atoms with E-state index in [4.69, 9.17) is 5.10 Å². The number of imidazole rings is 1. The van der Waals surface area contributed by atoms with Crippen LogP contribution in [0.25, 0.3) is 38.2 Å². The van der Waals surface area contributed by atoms with Gasteiger partial charge < -0.3 is 0 Å². The van der Waals surface area contributed by atoms with E-state index in [1.807, 2.05) is 83.0 Å². The van der Waals surface area contributed by atoms with Crippen LogP contribution in [0.3, 0.4) is 0 Å². The molecule has 6 rings (SSSR count). The molecule has 0 saturated carbocycles. The first-order valence-corrected chi connectivity index (χ1v) is 11.1. The number of fused-ring (bicyclic) bond motifs is 3. The molecule has 0 aliphatic heterocycles. The third-order valence-electron chi connectivity index (χ3n) is 4.96. The highest BCUT2D eigenvalue weighted by Crippen LogP contribution is 2.29. The first kappa shape index (κ1) is 17.3. The van der Waals surface area contributed by atoms with Gasteiger partial charge in [-0.15, -0.1) is 11.3 Å². The van der Waals surface area contributed by atoms with Crippen LogP contribution >= 0.6 is 22.7 Å². The Hall–Kier alpha value is -3.55. The lowest BCUT2D eigenvalue weighted by molar-refractivity contribution is 0.875. The molecule has 0 bridgehead atoms. The van der Waals surface area contributed by atoms with E-state index in [1.54, 1.807) is 15.7 Å². The molecule has 0 amide bonds. The number of hydrogen-bond acceptors (Lipinski definition) is 5. The number of aromatic nitrogens is 4. The summed E-state index contributed by atoms with van der Waals surface area (Å²) in [5.74, 6) is 0. The van der Waals surface area contributed by atoms with Gasteiger partial charge in [0.1, 0.15) is 0 Å². The quantitative estimate of drug-likeness (QED) is 0.422. The fourth-order valence-electron chi connectivity index (χ4n) is 3.56. The van der Waals surface area contributed by atoms with Crippen LogP contribution in [0, 0.1) is 0 Å². The van der Waals surface area contributed by atoms with Gasteiger partial charge in [0.05, 0.1) is 26.9 Å². The highest BCUT2D eigenvalue weighted by atomic mass is 32.1. The van der Waals surface area contributed by atoms with Crippen molar-refractivity contribution in [3.63, 3.8) is 0 Å².